The van der Waals surface area contributed by atoms with E-state index in [1.54, 1.807) is 0 Å². The van der Waals surface area contributed by atoms with Crippen LogP contribution in [-0.2, 0) is 11.2 Å². The lowest BCUT2D eigenvalue weighted by Crippen LogP contribution is -2.39. The van der Waals surface area contributed by atoms with E-state index in [0.717, 1.165) is 24.5 Å². The fraction of sp³-hybridized carbons (Fsp3) is 0.750. The maximum atomic E-state index is 11.9. The average molecular weight is 268 g/mol. The van der Waals surface area contributed by atoms with Gasteiger partial charge in [-0.2, -0.15) is 0 Å². The molecular weight excluding hydrogens is 248 g/mol. The number of piperidine rings is 1. The summed E-state index contributed by atoms with van der Waals surface area (Å²) in [6.45, 7) is 6.77. The molecule has 1 saturated heterocycles. The van der Waals surface area contributed by atoms with Crippen molar-refractivity contribution < 1.29 is 4.79 Å². The number of carbonyl (C=O) groups excluding carboxylic acids is 1. The lowest BCUT2D eigenvalue weighted by Gasteiger charge is -2.29. The molecule has 2 rings (SSSR count). The smallest absolute Gasteiger partial charge is 0.240 e. The van der Waals surface area contributed by atoms with Gasteiger partial charge in [-0.1, -0.05) is 25.2 Å². The second-order valence-corrected chi connectivity index (χ2v) is 5.95. The third kappa shape index (κ3) is 3.74. The molecule has 0 saturated carbocycles. The van der Waals surface area contributed by atoms with Crippen LogP contribution in [-0.4, -0.2) is 40.6 Å². The third-order valence-electron chi connectivity index (χ3n) is 3.12. The van der Waals surface area contributed by atoms with Crippen molar-refractivity contribution in [3.8, 4) is 0 Å². The molecule has 1 amide bonds. The second kappa shape index (κ2) is 6.24. The van der Waals surface area contributed by atoms with E-state index in [9.17, 15) is 4.79 Å². The van der Waals surface area contributed by atoms with E-state index in [1.807, 2.05) is 6.92 Å². The molecule has 0 aliphatic carbocycles. The number of nitrogens with one attached hydrogen (secondary N) is 1. The fourth-order valence-corrected chi connectivity index (χ4v) is 2.93. The highest BCUT2D eigenvalue weighted by Gasteiger charge is 2.19. The molecule has 1 atom stereocenters. The zero-order valence-corrected chi connectivity index (χ0v) is 11.8. The van der Waals surface area contributed by atoms with Crippen LogP contribution in [0.1, 0.15) is 31.7 Å². The molecule has 6 heteroatoms. The molecule has 0 radical (unpaired) electrons. The van der Waals surface area contributed by atoms with Gasteiger partial charge in [-0.25, -0.2) is 0 Å². The molecule has 0 unspecified atom stereocenters. The molecule has 100 valence electrons. The Morgan fingerprint density at radius 3 is 3.06 bits per heavy atom. The summed E-state index contributed by atoms with van der Waals surface area (Å²) < 4.78 is 0. The van der Waals surface area contributed by atoms with Crippen molar-refractivity contribution in [3.63, 3.8) is 0 Å². The monoisotopic (exact) mass is 268 g/mol. The summed E-state index contributed by atoms with van der Waals surface area (Å²) in [6, 6.07) is 0. The molecule has 1 aromatic heterocycles. The first-order valence-corrected chi connectivity index (χ1v) is 7.33. The molecule has 1 aliphatic heterocycles. The number of hydrogen-bond donors (Lipinski definition) is 1. The van der Waals surface area contributed by atoms with Crippen LogP contribution in [0, 0.1) is 5.92 Å². The minimum atomic E-state index is 0.0166. The van der Waals surface area contributed by atoms with E-state index in [-0.39, 0.29) is 5.91 Å². The first-order valence-electron chi connectivity index (χ1n) is 6.52. The number of hydrogen-bond acceptors (Lipinski definition) is 5. The van der Waals surface area contributed by atoms with Crippen molar-refractivity contribution in [1.82, 2.24) is 15.1 Å². The van der Waals surface area contributed by atoms with Gasteiger partial charge in [0.1, 0.15) is 5.01 Å². The zero-order chi connectivity index (χ0) is 13.0. The van der Waals surface area contributed by atoms with Crippen LogP contribution in [0.25, 0.3) is 0 Å². The zero-order valence-electron chi connectivity index (χ0n) is 11.0. The van der Waals surface area contributed by atoms with E-state index >= 15 is 0 Å². The molecule has 0 spiro atoms. The van der Waals surface area contributed by atoms with Gasteiger partial charge in [0.05, 0.1) is 6.54 Å². The lowest BCUT2D eigenvalue weighted by molar-refractivity contribution is -0.117. The predicted molar refractivity (Wildman–Crippen MR) is 72.8 cm³/mol. The van der Waals surface area contributed by atoms with Gasteiger partial charge < -0.3 is 0 Å². The van der Waals surface area contributed by atoms with Crippen molar-refractivity contribution in [2.45, 2.75) is 33.1 Å². The fourth-order valence-electron chi connectivity index (χ4n) is 2.24. The molecular formula is C12H20N4OS. The first kappa shape index (κ1) is 13.4. The first-order chi connectivity index (χ1) is 8.67. The Morgan fingerprint density at radius 1 is 1.56 bits per heavy atom. The minimum Gasteiger partial charge on any atom is -0.299 e. The molecule has 0 aromatic carbocycles. The highest BCUT2D eigenvalue weighted by molar-refractivity contribution is 7.15. The number of nitrogens with zero attached hydrogens (tertiary/aromatic N) is 3. The summed E-state index contributed by atoms with van der Waals surface area (Å²) >= 11 is 1.45. The third-order valence-corrected chi connectivity index (χ3v) is 4.11. The van der Waals surface area contributed by atoms with Crippen LogP contribution in [0.4, 0.5) is 5.13 Å². The summed E-state index contributed by atoms with van der Waals surface area (Å²) in [5, 5.41) is 12.3. The molecule has 1 fully saturated rings. The molecule has 18 heavy (non-hydrogen) atoms. The topological polar surface area (TPSA) is 58.1 Å². The van der Waals surface area contributed by atoms with Crippen LogP contribution in [0.15, 0.2) is 0 Å². The number of likely N-dealkylation sites (tertiary alicyclic amines) is 1. The van der Waals surface area contributed by atoms with Gasteiger partial charge in [-0.15, -0.1) is 10.2 Å². The Hall–Kier alpha value is -1.01. The molecule has 1 aromatic rings. The van der Waals surface area contributed by atoms with Crippen molar-refractivity contribution >= 4 is 22.4 Å². The average Bonchev–Trinajstić information content (AvgIpc) is 2.76. The minimum absolute atomic E-state index is 0.0166. The maximum absolute atomic E-state index is 11.9. The standard InChI is InChI=1S/C12H20N4OS/c1-3-11-14-15-12(18-11)13-10(17)8-16-6-4-5-9(2)7-16/h9H,3-8H2,1-2H3,(H,13,15,17)/t9-/m0/s1. The molecule has 5 nitrogen and oxygen atoms in total. The van der Waals surface area contributed by atoms with E-state index in [4.69, 9.17) is 0 Å². The van der Waals surface area contributed by atoms with Gasteiger partial charge in [0.15, 0.2) is 0 Å². The Labute approximate surface area is 112 Å². The van der Waals surface area contributed by atoms with Gasteiger partial charge >= 0.3 is 0 Å². The Bertz CT molecular complexity index is 407. The van der Waals surface area contributed by atoms with Gasteiger partial charge in [0.25, 0.3) is 0 Å². The van der Waals surface area contributed by atoms with Crippen LogP contribution in [0.5, 0.6) is 0 Å². The number of aromatic nitrogens is 2. The number of carbonyl (C=O) groups is 1. The number of aryl methyl sites for hydroxylation is 1. The summed E-state index contributed by atoms with van der Waals surface area (Å²) in [5.41, 5.74) is 0. The summed E-state index contributed by atoms with van der Waals surface area (Å²) in [7, 11) is 0. The highest BCUT2D eigenvalue weighted by Crippen LogP contribution is 2.17. The quantitative estimate of drug-likeness (QED) is 0.904. The molecule has 1 N–H and O–H groups in total. The normalized spacial score (nSPS) is 20.9. The predicted octanol–water partition coefficient (Wildman–Crippen LogP) is 1.77. The van der Waals surface area contributed by atoms with Crippen molar-refractivity contribution in [2.75, 3.05) is 25.0 Å². The Kier molecular flexibility index (Phi) is 4.66. The van der Waals surface area contributed by atoms with E-state index in [0.29, 0.717) is 17.6 Å². The van der Waals surface area contributed by atoms with Gasteiger partial charge in [-0.3, -0.25) is 15.0 Å². The maximum Gasteiger partial charge on any atom is 0.240 e. The van der Waals surface area contributed by atoms with Crippen LogP contribution in [0.2, 0.25) is 0 Å². The Morgan fingerprint density at radius 2 is 2.39 bits per heavy atom. The van der Waals surface area contributed by atoms with Gasteiger partial charge in [0.2, 0.25) is 11.0 Å². The molecule has 1 aliphatic rings. The highest BCUT2D eigenvalue weighted by atomic mass is 32.1. The second-order valence-electron chi connectivity index (χ2n) is 4.89. The molecule has 2 heterocycles. The van der Waals surface area contributed by atoms with Crippen LogP contribution in [0.3, 0.4) is 0 Å². The summed E-state index contributed by atoms with van der Waals surface area (Å²) in [6.07, 6.45) is 3.32. The van der Waals surface area contributed by atoms with E-state index < -0.39 is 0 Å². The largest absolute Gasteiger partial charge is 0.299 e. The van der Waals surface area contributed by atoms with Crippen LogP contribution < -0.4 is 5.32 Å². The lowest BCUT2D eigenvalue weighted by atomic mass is 10.0. The van der Waals surface area contributed by atoms with Crippen molar-refractivity contribution in [3.05, 3.63) is 5.01 Å². The van der Waals surface area contributed by atoms with E-state index in [2.05, 4.69) is 27.3 Å². The van der Waals surface area contributed by atoms with Crippen LogP contribution >= 0.6 is 11.3 Å². The van der Waals surface area contributed by atoms with Crippen molar-refractivity contribution in [2.24, 2.45) is 5.92 Å². The number of amides is 1. The summed E-state index contributed by atoms with van der Waals surface area (Å²) in [4.78, 5) is 14.1. The SMILES string of the molecule is CCc1nnc(NC(=O)CN2CCC[C@H](C)C2)s1. The Balaban J connectivity index is 1.81. The van der Waals surface area contributed by atoms with Gasteiger partial charge in [-0.05, 0) is 31.7 Å². The van der Waals surface area contributed by atoms with Gasteiger partial charge in [0, 0.05) is 6.54 Å². The van der Waals surface area contributed by atoms with E-state index in [1.165, 1.54) is 24.2 Å². The summed E-state index contributed by atoms with van der Waals surface area (Å²) in [5.74, 6) is 0.711. The number of anilines is 1. The van der Waals surface area contributed by atoms with Crippen molar-refractivity contribution in [1.29, 1.82) is 0 Å². The molecule has 0 bridgehead atoms. The number of rotatable bonds is 4.